The van der Waals surface area contributed by atoms with Crippen molar-refractivity contribution in [2.45, 2.75) is 0 Å². The largest absolute Gasteiger partial charge is 0.478 e. The van der Waals surface area contributed by atoms with Gasteiger partial charge in [-0.05, 0) is 23.8 Å². The van der Waals surface area contributed by atoms with E-state index in [9.17, 15) is 9.59 Å². The Hall–Kier alpha value is -3.39. The first kappa shape index (κ1) is 17.0. The molecule has 1 amide bonds. The first-order valence-electron chi connectivity index (χ1n) is 8.47. The Kier molecular flexibility index (Phi) is 4.47. The summed E-state index contributed by atoms with van der Waals surface area (Å²) in [5.41, 5.74) is 1.68. The minimum atomic E-state index is -0.985. The lowest BCUT2D eigenvalue weighted by Crippen LogP contribution is -2.40. The molecule has 1 saturated heterocycles. The molecule has 0 saturated carbocycles. The lowest BCUT2D eigenvalue weighted by Gasteiger charge is -2.25. The number of carboxylic acids is 1. The summed E-state index contributed by atoms with van der Waals surface area (Å²) >= 11 is 0. The zero-order chi connectivity index (χ0) is 18.8. The zero-order valence-electron chi connectivity index (χ0n) is 14.4. The molecule has 1 aliphatic rings. The second kappa shape index (κ2) is 7.08. The first-order valence-corrected chi connectivity index (χ1v) is 8.47. The highest BCUT2D eigenvalue weighted by Crippen LogP contribution is 2.22. The Bertz CT molecular complexity index is 985. The number of carbonyl (C=O) groups is 2. The number of carboxylic acid groups (broad SMARTS) is 1. The number of aromatic nitrogens is 2. The van der Waals surface area contributed by atoms with Crippen LogP contribution in [0.25, 0.3) is 17.0 Å². The highest BCUT2D eigenvalue weighted by molar-refractivity contribution is 5.92. The maximum absolute atomic E-state index is 12.5. The van der Waals surface area contributed by atoms with Crippen LogP contribution < -0.4 is 0 Å². The van der Waals surface area contributed by atoms with Gasteiger partial charge in [-0.2, -0.15) is 5.10 Å². The van der Waals surface area contributed by atoms with Gasteiger partial charge in [0.1, 0.15) is 0 Å². The number of hydrogen-bond donors (Lipinski definition) is 1. The number of hydrogen-bond acceptors (Lipinski definition) is 5. The van der Waals surface area contributed by atoms with Gasteiger partial charge < -0.3 is 19.2 Å². The summed E-state index contributed by atoms with van der Waals surface area (Å²) in [7, 11) is 0. The molecule has 138 valence electrons. The Balaban J connectivity index is 1.55. The van der Waals surface area contributed by atoms with E-state index >= 15 is 0 Å². The molecule has 3 aromatic rings. The number of furan rings is 1. The third kappa shape index (κ3) is 3.47. The minimum Gasteiger partial charge on any atom is -0.478 e. The molecule has 8 heteroatoms. The summed E-state index contributed by atoms with van der Waals surface area (Å²) in [4.78, 5) is 25.3. The van der Waals surface area contributed by atoms with E-state index in [1.165, 1.54) is 10.7 Å². The standard InChI is InChI=1S/C19H17N3O5/c23-18(21-6-8-26-9-7-21)16-4-5-17(27-16)22-12-15(11-20-22)13-2-1-3-14(10-13)19(24)25/h1-5,10-12H,6-9H2,(H,24,25). The van der Waals surface area contributed by atoms with Crippen molar-refractivity contribution >= 4 is 11.9 Å². The molecule has 0 spiro atoms. The van der Waals surface area contributed by atoms with Crippen molar-refractivity contribution in [2.24, 2.45) is 0 Å². The van der Waals surface area contributed by atoms with Crippen molar-refractivity contribution in [2.75, 3.05) is 26.3 Å². The van der Waals surface area contributed by atoms with Crippen LogP contribution in [0.1, 0.15) is 20.9 Å². The van der Waals surface area contributed by atoms with Crippen LogP contribution in [0.3, 0.4) is 0 Å². The molecule has 0 radical (unpaired) electrons. The van der Waals surface area contributed by atoms with E-state index in [1.807, 2.05) is 6.07 Å². The van der Waals surface area contributed by atoms with Gasteiger partial charge in [-0.1, -0.05) is 12.1 Å². The van der Waals surface area contributed by atoms with Gasteiger partial charge in [0.05, 0.1) is 25.0 Å². The average Bonchev–Trinajstić information content (AvgIpc) is 3.38. The van der Waals surface area contributed by atoms with Crippen molar-refractivity contribution in [1.29, 1.82) is 0 Å². The fourth-order valence-electron chi connectivity index (χ4n) is 2.91. The van der Waals surface area contributed by atoms with Gasteiger partial charge in [0, 0.05) is 30.9 Å². The summed E-state index contributed by atoms with van der Waals surface area (Å²) in [6.07, 6.45) is 3.34. The van der Waals surface area contributed by atoms with Gasteiger partial charge in [-0.15, -0.1) is 0 Å². The second-order valence-corrected chi connectivity index (χ2v) is 6.10. The van der Waals surface area contributed by atoms with Gasteiger partial charge in [0.25, 0.3) is 5.91 Å². The summed E-state index contributed by atoms with van der Waals surface area (Å²) in [5, 5.41) is 13.4. The average molecular weight is 367 g/mol. The fourth-order valence-corrected chi connectivity index (χ4v) is 2.91. The molecular formula is C19H17N3O5. The highest BCUT2D eigenvalue weighted by atomic mass is 16.5. The number of benzene rings is 1. The van der Waals surface area contributed by atoms with Gasteiger partial charge in [-0.3, -0.25) is 4.79 Å². The van der Waals surface area contributed by atoms with E-state index in [0.29, 0.717) is 32.2 Å². The quantitative estimate of drug-likeness (QED) is 0.760. The minimum absolute atomic E-state index is 0.175. The van der Waals surface area contributed by atoms with E-state index in [0.717, 1.165) is 11.1 Å². The smallest absolute Gasteiger partial charge is 0.335 e. The van der Waals surface area contributed by atoms with Crippen molar-refractivity contribution in [3.8, 4) is 17.0 Å². The number of rotatable bonds is 4. The maximum atomic E-state index is 12.5. The Labute approximate surface area is 154 Å². The first-order chi connectivity index (χ1) is 13.1. The summed E-state index contributed by atoms with van der Waals surface area (Å²) in [5.74, 6) is -0.503. The molecule has 1 aliphatic heterocycles. The molecule has 1 N–H and O–H groups in total. The lowest BCUT2D eigenvalue weighted by molar-refractivity contribution is 0.0282. The van der Waals surface area contributed by atoms with E-state index in [2.05, 4.69) is 5.10 Å². The molecule has 3 heterocycles. The van der Waals surface area contributed by atoms with Crippen LogP contribution in [-0.2, 0) is 4.74 Å². The summed E-state index contributed by atoms with van der Waals surface area (Å²) < 4.78 is 12.4. The summed E-state index contributed by atoms with van der Waals surface area (Å²) in [6.45, 7) is 2.13. The van der Waals surface area contributed by atoms with Crippen molar-refractivity contribution in [3.63, 3.8) is 0 Å². The topological polar surface area (TPSA) is 97.8 Å². The Morgan fingerprint density at radius 2 is 1.89 bits per heavy atom. The van der Waals surface area contributed by atoms with Crippen LogP contribution >= 0.6 is 0 Å². The molecule has 4 rings (SSSR count). The van der Waals surface area contributed by atoms with Gasteiger partial charge in [-0.25, -0.2) is 9.48 Å². The molecule has 0 atom stereocenters. The number of carbonyl (C=O) groups excluding carboxylic acids is 1. The fraction of sp³-hybridized carbons (Fsp3) is 0.211. The van der Waals surface area contributed by atoms with E-state index in [1.54, 1.807) is 41.6 Å². The third-order valence-electron chi connectivity index (χ3n) is 4.35. The molecule has 0 bridgehead atoms. The number of amides is 1. The molecule has 8 nitrogen and oxygen atoms in total. The van der Waals surface area contributed by atoms with E-state index in [-0.39, 0.29) is 17.2 Å². The SMILES string of the molecule is O=C(O)c1cccc(-c2cnn(-c3ccc(C(=O)N4CCOCC4)o3)c2)c1. The van der Waals surface area contributed by atoms with Crippen LogP contribution in [0.4, 0.5) is 0 Å². The van der Waals surface area contributed by atoms with Gasteiger partial charge in [0.2, 0.25) is 5.88 Å². The number of aromatic carboxylic acids is 1. The second-order valence-electron chi connectivity index (χ2n) is 6.10. The van der Waals surface area contributed by atoms with Crippen molar-refractivity contribution in [1.82, 2.24) is 14.7 Å². The monoisotopic (exact) mass is 367 g/mol. The molecule has 2 aromatic heterocycles. The van der Waals surface area contributed by atoms with Crippen molar-refractivity contribution < 1.29 is 23.8 Å². The zero-order valence-corrected chi connectivity index (χ0v) is 14.4. The van der Waals surface area contributed by atoms with E-state index in [4.69, 9.17) is 14.3 Å². The normalized spacial score (nSPS) is 14.3. The molecule has 0 unspecified atom stereocenters. The summed E-state index contributed by atoms with van der Waals surface area (Å²) in [6, 6.07) is 9.91. The van der Waals surface area contributed by atoms with E-state index < -0.39 is 5.97 Å². The van der Waals surface area contributed by atoms with Crippen LogP contribution in [0.2, 0.25) is 0 Å². The lowest BCUT2D eigenvalue weighted by atomic mass is 10.1. The predicted octanol–water partition coefficient (Wildman–Crippen LogP) is 2.30. The highest BCUT2D eigenvalue weighted by Gasteiger charge is 2.22. The maximum Gasteiger partial charge on any atom is 0.335 e. The molecule has 1 aromatic carbocycles. The van der Waals surface area contributed by atoms with Crippen molar-refractivity contribution in [3.05, 3.63) is 60.1 Å². The van der Waals surface area contributed by atoms with Crippen LogP contribution in [-0.4, -0.2) is 58.0 Å². The molecule has 1 fully saturated rings. The Morgan fingerprint density at radius 1 is 1.07 bits per heavy atom. The number of nitrogens with zero attached hydrogens (tertiary/aromatic N) is 3. The van der Waals surface area contributed by atoms with Gasteiger partial charge in [0.15, 0.2) is 5.76 Å². The van der Waals surface area contributed by atoms with Crippen LogP contribution in [0.5, 0.6) is 0 Å². The Morgan fingerprint density at radius 3 is 2.67 bits per heavy atom. The third-order valence-corrected chi connectivity index (χ3v) is 4.35. The predicted molar refractivity (Wildman–Crippen MR) is 94.9 cm³/mol. The molecule has 0 aliphatic carbocycles. The van der Waals surface area contributed by atoms with Crippen LogP contribution in [0, 0.1) is 0 Å². The number of morpholine rings is 1. The molecular weight excluding hydrogens is 350 g/mol. The van der Waals surface area contributed by atoms with Crippen LogP contribution in [0.15, 0.2) is 53.2 Å². The molecule has 27 heavy (non-hydrogen) atoms. The van der Waals surface area contributed by atoms with Gasteiger partial charge >= 0.3 is 5.97 Å². The number of ether oxygens (including phenoxy) is 1.